The van der Waals surface area contributed by atoms with Gasteiger partial charge in [0.15, 0.2) is 5.69 Å². The lowest BCUT2D eigenvalue weighted by Crippen LogP contribution is -2.51. The average Bonchev–Trinajstić information content (AvgIpc) is 3.20. The number of hydrogen-bond donors (Lipinski definition) is 0. The van der Waals surface area contributed by atoms with Crippen molar-refractivity contribution in [3.8, 4) is 0 Å². The van der Waals surface area contributed by atoms with Gasteiger partial charge in [0.25, 0.3) is 5.91 Å². The zero-order valence-corrected chi connectivity index (χ0v) is 16.1. The standard InChI is InChI=1S/C20H26N4O3/c1-14(25)24-11-15-10-23(9-8-20(15,12-24)13-27-3)19(26)18-16-6-4-5-7-17(16)22(2)21-18/h4-7,15H,8-13H2,1-3H3. The SMILES string of the molecule is COCC12CCN(C(=O)c3nn(C)c4ccccc34)CC1CN(C(C)=O)C2. The number of methoxy groups -OCH3 is 1. The van der Waals surface area contributed by atoms with Crippen molar-refractivity contribution in [2.75, 3.05) is 39.9 Å². The van der Waals surface area contributed by atoms with Crippen LogP contribution in [0.25, 0.3) is 10.9 Å². The van der Waals surface area contributed by atoms with Gasteiger partial charge in [0.05, 0.1) is 12.1 Å². The molecule has 2 aromatic rings. The molecule has 0 bridgehead atoms. The van der Waals surface area contributed by atoms with Crippen LogP contribution in [0.3, 0.4) is 0 Å². The van der Waals surface area contributed by atoms with Crippen LogP contribution in [0.5, 0.6) is 0 Å². The van der Waals surface area contributed by atoms with E-state index in [1.54, 1.807) is 18.7 Å². The smallest absolute Gasteiger partial charge is 0.275 e. The van der Waals surface area contributed by atoms with Gasteiger partial charge in [-0.2, -0.15) is 5.10 Å². The summed E-state index contributed by atoms with van der Waals surface area (Å²) in [4.78, 5) is 28.9. The second-order valence-electron chi connectivity index (χ2n) is 7.88. The fraction of sp³-hybridized carbons (Fsp3) is 0.550. The largest absolute Gasteiger partial charge is 0.384 e. The molecule has 1 aromatic heterocycles. The van der Waals surface area contributed by atoms with Gasteiger partial charge in [0, 0.05) is 64.0 Å². The molecule has 3 heterocycles. The van der Waals surface area contributed by atoms with Crippen LogP contribution < -0.4 is 0 Å². The van der Waals surface area contributed by atoms with Crippen LogP contribution in [0.2, 0.25) is 0 Å². The third kappa shape index (κ3) is 2.90. The highest BCUT2D eigenvalue weighted by atomic mass is 16.5. The average molecular weight is 370 g/mol. The number of carbonyl (C=O) groups excluding carboxylic acids is 2. The lowest BCUT2D eigenvalue weighted by atomic mass is 9.73. The van der Waals surface area contributed by atoms with Crippen molar-refractivity contribution < 1.29 is 14.3 Å². The van der Waals surface area contributed by atoms with E-state index < -0.39 is 0 Å². The Labute approximate surface area is 158 Å². The highest BCUT2D eigenvalue weighted by Gasteiger charge is 2.51. The van der Waals surface area contributed by atoms with Crippen LogP contribution >= 0.6 is 0 Å². The van der Waals surface area contributed by atoms with E-state index in [4.69, 9.17) is 4.74 Å². The number of aryl methyl sites for hydroxylation is 1. The summed E-state index contributed by atoms with van der Waals surface area (Å²) in [6.07, 6.45) is 0.839. The third-order valence-electron chi connectivity index (χ3n) is 6.26. The molecule has 2 unspecified atom stereocenters. The number of ether oxygens (including phenoxy) is 1. The first-order valence-corrected chi connectivity index (χ1v) is 9.40. The van der Waals surface area contributed by atoms with Crippen molar-refractivity contribution in [2.45, 2.75) is 13.3 Å². The Morgan fingerprint density at radius 2 is 2.00 bits per heavy atom. The van der Waals surface area contributed by atoms with E-state index in [-0.39, 0.29) is 23.1 Å². The molecule has 7 heteroatoms. The molecule has 2 amide bonds. The summed E-state index contributed by atoms with van der Waals surface area (Å²) in [7, 11) is 3.57. The number of likely N-dealkylation sites (tertiary alicyclic amines) is 2. The lowest BCUT2D eigenvalue weighted by Gasteiger charge is -2.42. The number of piperidine rings is 1. The number of hydrogen-bond acceptors (Lipinski definition) is 4. The number of nitrogens with zero attached hydrogens (tertiary/aromatic N) is 4. The molecule has 2 aliphatic heterocycles. The monoisotopic (exact) mass is 370 g/mol. The maximum Gasteiger partial charge on any atom is 0.275 e. The Bertz CT molecular complexity index is 892. The summed E-state index contributed by atoms with van der Waals surface area (Å²) in [6, 6.07) is 7.80. The van der Waals surface area contributed by atoms with Crippen molar-refractivity contribution in [3.05, 3.63) is 30.0 Å². The molecule has 0 radical (unpaired) electrons. The van der Waals surface area contributed by atoms with Gasteiger partial charge in [-0.1, -0.05) is 18.2 Å². The Kier molecular flexibility index (Phi) is 4.42. The molecular weight excluding hydrogens is 344 g/mol. The fourth-order valence-corrected chi connectivity index (χ4v) is 4.75. The quantitative estimate of drug-likeness (QED) is 0.822. The molecule has 2 fully saturated rings. The number of para-hydroxylation sites is 1. The van der Waals surface area contributed by atoms with Gasteiger partial charge in [-0.15, -0.1) is 0 Å². The van der Waals surface area contributed by atoms with Gasteiger partial charge < -0.3 is 14.5 Å². The van der Waals surface area contributed by atoms with Crippen molar-refractivity contribution >= 4 is 22.7 Å². The van der Waals surface area contributed by atoms with Crippen molar-refractivity contribution in [1.82, 2.24) is 19.6 Å². The van der Waals surface area contributed by atoms with Crippen LogP contribution in [-0.2, 0) is 16.6 Å². The minimum Gasteiger partial charge on any atom is -0.384 e. The normalized spacial score (nSPS) is 25.1. The predicted molar refractivity (Wildman–Crippen MR) is 101 cm³/mol. The van der Waals surface area contributed by atoms with E-state index in [2.05, 4.69) is 5.10 Å². The Hall–Kier alpha value is -2.41. The summed E-state index contributed by atoms with van der Waals surface area (Å²) >= 11 is 0. The highest BCUT2D eigenvalue weighted by molar-refractivity contribution is 6.04. The lowest BCUT2D eigenvalue weighted by molar-refractivity contribution is -0.128. The second kappa shape index (κ2) is 6.64. The van der Waals surface area contributed by atoms with Crippen LogP contribution in [0.15, 0.2) is 24.3 Å². The molecule has 2 saturated heterocycles. The number of rotatable bonds is 3. The minimum atomic E-state index is -0.0522. The molecule has 0 aliphatic carbocycles. The van der Waals surface area contributed by atoms with E-state index >= 15 is 0 Å². The zero-order valence-electron chi connectivity index (χ0n) is 16.1. The summed E-state index contributed by atoms with van der Waals surface area (Å²) < 4.78 is 7.26. The number of fused-ring (bicyclic) bond motifs is 2. The Morgan fingerprint density at radius 3 is 2.74 bits per heavy atom. The van der Waals surface area contributed by atoms with Gasteiger partial charge in [-0.05, 0) is 12.5 Å². The van der Waals surface area contributed by atoms with Crippen molar-refractivity contribution in [1.29, 1.82) is 0 Å². The molecule has 27 heavy (non-hydrogen) atoms. The summed E-state index contributed by atoms with van der Waals surface area (Å²) in [5, 5.41) is 5.37. The Balaban J connectivity index is 1.59. The first kappa shape index (κ1) is 18.0. The van der Waals surface area contributed by atoms with Crippen LogP contribution in [0, 0.1) is 11.3 Å². The van der Waals surface area contributed by atoms with Crippen molar-refractivity contribution in [3.63, 3.8) is 0 Å². The van der Waals surface area contributed by atoms with E-state index in [1.807, 2.05) is 41.1 Å². The maximum atomic E-state index is 13.2. The van der Waals surface area contributed by atoms with Gasteiger partial charge in [-0.3, -0.25) is 14.3 Å². The molecule has 0 N–H and O–H groups in total. The van der Waals surface area contributed by atoms with Gasteiger partial charge in [0.1, 0.15) is 0 Å². The minimum absolute atomic E-state index is 0.0286. The number of aromatic nitrogens is 2. The molecule has 7 nitrogen and oxygen atoms in total. The van der Waals surface area contributed by atoms with E-state index in [9.17, 15) is 9.59 Å². The van der Waals surface area contributed by atoms with Crippen molar-refractivity contribution in [2.24, 2.45) is 18.4 Å². The fourth-order valence-electron chi connectivity index (χ4n) is 4.75. The van der Waals surface area contributed by atoms with Crippen LogP contribution in [0.1, 0.15) is 23.8 Å². The first-order valence-electron chi connectivity index (χ1n) is 9.40. The highest BCUT2D eigenvalue weighted by Crippen LogP contribution is 2.43. The predicted octanol–water partition coefficient (Wildman–Crippen LogP) is 1.53. The number of amides is 2. The van der Waals surface area contributed by atoms with Crippen LogP contribution in [-0.4, -0.2) is 71.3 Å². The number of benzene rings is 1. The molecule has 0 spiro atoms. The van der Waals surface area contributed by atoms with Gasteiger partial charge in [0.2, 0.25) is 5.91 Å². The molecule has 2 aliphatic rings. The maximum absolute atomic E-state index is 13.2. The molecule has 144 valence electrons. The van der Waals surface area contributed by atoms with Gasteiger partial charge >= 0.3 is 0 Å². The van der Waals surface area contributed by atoms with E-state index in [0.717, 1.165) is 23.9 Å². The van der Waals surface area contributed by atoms with Crippen LogP contribution in [0.4, 0.5) is 0 Å². The molecule has 4 rings (SSSR count). The molecular formula is C20H26N4O3. The first-order chi connectivity index (χ1) is 12.9. The number of carbonyl (C=O) groups is 2. The molecule has 1 aromatic carbocycles. The third-order valence-corrected chi connectivity index (χ3v) is 6.26. The summed E-state index contributed by atoms with van der Waals surface area (Å²) in [5.41, 5.74) is 1.41. The summed E-state index contributed by atoms with van der Waals surface area (Å²) in [6.45, 7) is 4.93. The molecule has 0 saturated carbocycles. The second-order valence-corrected chi connectivity index (χ2v) is 7.88. The zero-order chi connectivity index (χ0) is 19.2. The van der Waals surface area contributed by atoms with Gasteiger partial charge in [-0.25, -0.2) is 0 Å². The van der Waals surface area contributed by atoms with E-state index in [1.165, 1.54) is 0 Å². The Morgan fingerprint density at radius 1 is 1.26 bits per heavy atom. The topological polar surface area (TPSA) is 67.7 Å². The molecule has 2 atom stereocenters. The van der Waals surface area contributed by atoms with E-state index in [0.29, 0.717) is 31.9 Å². The summed E-state index contributed by atoms with van der Waals surface area (Å²) in [5.74, 6) is 0.293.